The van der Waals surface area contributed by atoms with Crippen molar-refractivity contribution < 1.29 is 9.47 Å². The molecular formula is C11H14Cl3NO2. The summed E-state index contributed by atoms with van der Waals surface area (Å²) in [5.74, 6) is 0.278. The molecule has 0 bridgehead atoms. The van der Waals surface area contributed by atoms with Crippen LogP contribution in [0.15, 0.2) is 6.07 Å². The van der Waals surface area contributed by atoms with Gasteiger partial charge < -0.3 is 9.47 Å². The lowest BCUT2D eigenvalue weighted by molar-refractivity contribution is 0.0966. The Morgan fingerprint density at radius 1 is 1.12 bits per heavy atom. The summed E-state index contributed by atoms with van der Waals surface area (Å²) in [6.45, 7) is 3.73. The fourth-order valence-corrected chi connectivity index (χ4v) is 1.62. The average Bonchev–Trinajstić information content (AvgIpc) is 2.30. The monoisotopic (exact) mass is 297 g/mol. The van der Waals surface area contributed by atoms with Gasteiger partial charge in [-0.05, 0) is 12.5 Å². The number of hydrogen-bond donors (Lipinski definition) is 0. The quantitative estimate of drug-likeness (QED) is 0.557. The van der Waals surface area contributed by atoms with E-state index >= 15 is 0 Å². The second-order valence-electron chi connectivity index (χ2n) is 3.36. The zero-order chi connectivity index (χ0) is 12.7. The van der Waals surface area contributed by atoms with E-state index in [0.29, 0.717) is 23.3 Å². The molecule has 6 heteroatoms. The Kier molecular flexibility index (Phi) is 6.97. The van der Waals surface area contributed by atoms with Crippen LogP contribution in [0.5, 0.6) is 5.88 Å². The van der Waals surface area contributed by atoms with Crippen molar-refractivity contribution in [1.82, 2.24) is 4.98 Å². The van der Waals surface area contributed by atoms with Crippen LogP contribution in [-0.2, 0) is 4.74 Å². The SMILES string of the molecule is CCCCOCCOc1nc(Cl)c(Cl)cc1Cl. The first-order chi connectivity index (χ1) is 8.15. The molecule has 0 fully saturated rings. The highest BCUT2D eigenvalue weighted by molar-refractivity contribution is 6.42. The normalized spacial score (nSPS) is 10.6. The van der Waals surface area contributed by atoms with Crippen molar-refractivity contribution in [3.05, 3.63) is 21.3 Å². The fraction of sp³-hybridized carbons (Fsp3) is 0.545. The third kappa shape index (κ3) is 5.30. The summed E-state index contributed by atoms with van der Waals surface area (Å²) >= 11 is 17.4. The summed E-state index contributed by atoms with van der Waals surface area (Å²) < 4.78 is 10.7. The molecule has 0 saturated heterocycles. The van der Waals surface area contributed by atoms with Gasteiger partial charge in [-0.1, -0.05) is 48.1 Å². The smallest absolute Gasteiger partial charge is 0.234 e. The summed E-state index contributed by atoms with van der Waals surface area (Å²) in [6.07, 6.45) is 2.16. The summed E-state index contributed by atoms with van der Waals surface area (Å²) in [4.78, 5) is 3.93. The number of unbranched alkanes of at least 4 members (excludes halogenated alkanes) is 1. The Morgan fingerprint density at radius 3 is 2.59 bits per heavy atom. The molecular weight excluding hydrogens is 284 g/mol. The lowest BCUT2D eigenvalue weighted by Gasteiger charge is -2.08. The third-order valence-corrected chi connectivity index (χ3v) is 2.91. The zero-order valence-electron chi connectivity index (χ0n) is 9.51. The van der Waals surface area contributed by atoms with Crippen molar-refractivity contribution in [2.24, 2.45) is 0 Å². The van der Waals surface area contributed by atoms with E-state index in [1.54, 1.807) is 0 Å². The van der Waals surface area contributed by atoms with Gasteiger partial charge in [-0.15, -0.1) is 0 Å². The van der Waals surface area contributed by atoms with Crippen LogP contribution in [0.2, 0.25) is 15.2 Å². The topological polar surface area (TPSA) is 31.4 Å². The van der Waals surface area contributed by atoms with Crippen molar-refractivity contribution in [2.75, 3.05) is 19.8 Å². The summed E-state index contributed by atoms with van der Waals surface area (Å²) in [7, 11) is 0. The number of nitrogens with zero attached hydrogens (tertiary/aromatic N) is 1. The molecule has 0 aliphatic carbocycles. The molecule has 1 heterocycles. The molecule has 0 unspecified atom stereocenters. The number of aromatic nitrogens is 1. The highest BCUT2D eigenvalue weighted by Crippen LogP contribution is 2.30. The van der Waals surface area contributed by atoms with E-state index in [-0.39, 0.29) is 11.0 Å². The van der Waals surface area contributed by atoms with Gasteiger partial charge in [0.2, 0.25) is 5.88 Å². The van der Waals surface area contributed by atoms with Crippen LogP contribution in [0.4, 0.5) is 0 Å². The molecule has 17 heavy (non-hydrogen) atoms. The zero-order valence-corrected chi connectivity index (χ0v) is 11.8. The van der Waals surface area contributed by atoms with Crippen LogP contribution in [0.1, 0.15) is 19.8 Å². The predicted octanol–water partition coefficient (Wildman–Crippen LogP) is 4.24. The number of pyridine rings is 1. The highest BCUT2D eigenvalue weighted by atomic mass is 35.5. The minimum atomic E-state index is 0.179. The molecule has 1 rings (SSSR count). The number of ether oxygens (including phenoxy) is 2. The van der Waals surface area contributed by atoms with E-state index in [9.17, 15) is 0 Å². The van der Waals surface area contributed by atoms with Gasteiger partial charge in [0.15, 0.2) is 5.15 Å². The number of rotatable bonds is 7. The number of hydrogen-bond acceptors (Lipinski definition) is 3. The second kappa shape index (κ2) is 7.98. The van der Waals surface area contributed by atoms with Crippen LogP contribution in [0.3, 0.4) is 0 Å². The molecule has 96 valence electrons. The second-order valence-corrected chi connectivity index (χ2v) is 4.53. The Hall–Kier alpha value is -0.220. The number of halogens is 3. The van der Waals surface area contributed by atoms with Gasteiger partial charge >= 0.3 is 0 Å². The van der Waals surface area contributed by atoms with Crippen molar-refractivity contribution in [3.63, 3.8) is 0 Å². The Bertz CT molecular complexity index is 361. The molecule has 0 N–H and O–H groups in total. The molecule has 3 nitrogen and oxygen atoms in total. The maximum absolute atomic E-state index is 5.89. The minimum absolute atomic E-state index is 0.179. The van der Waals surface area contributed by atoms with Crippen molar-refractivity contribution in [3.8, 4) is 5.88 Å². The molecule has 0 saturated carbocycles. The maximum Gasteiger partial charge on any atom is 0.234 e. The van der Waals surface area contributed by atoms with Crippen LogP contribution in [0, 0.1) is 0 Å². The van der Waals surface area contributed by atoms with Crippen LogP contribution < -0.4 is 4.74 Å². The molecule has 0 spiro atoms. The van der Waals surface area contributed by atoms with E-state index in [4.69, 9.17) is 44.3 Å². The molecule has 0 aliphatic rings. The summed E-state index contributed by atoms with van der Waals surface area (Å²) in [5, 5.41) is 0.828. The Balaban J connectivity index is 2.34. The van der Waals surface area contributed by atoms with E-state index < -0.39 is 0 Å². The van der Waals surface area contributed by atoms with Crippen LogP contribution in [0.25, 0.3) is 0 Å². The minimum Gasteiger partial charge on any atom is -0.474 e. The van der Waals surface area contributed by atoms with Crippen molar-refractivity contribution in [1.29, 1.82) is 0 Å². The van der Waals surface area contributed by atoms with E-state index in [1.807, 2.05) is 0 Å². The first-order valence-corrected chi connectivity index (χ1v) is 6.50. The summed E-state index contributed by atoms with van der Waals surface area (Å²) in [5.41, 5.74) is 0. The molecule has 0 radical (unpaired) electrons. The molecule has 1 aromatic rings. The van der Waals surface area contributed by atoms with Crippen molar-refractivity contribution >= 4 is 34.8 Å². The van der Waals surface area contributed by atoms with E-state index in [0.717, 1.165) is 19.4 Å². The van der Waals surface area contributed by atoms with Crippen molar-refractivity contribution in [2.45, 2.75) is 19.8 Å². The van der Waals surface area contributed by atoms with Gasteiger partial charge in [0.05, 0.1) is 11.6 Å². The van der Waals surface area contributed by atoms with Gasteiger partial charge in [-0.25, -0.2) is 0 Å². The van der Waals surface area contributed by atoms with Crippen LogP contribution >= 0.6 is 34.8 Å². The van der Waals surface area contributed by atoms with Crippen LogP contribution in [-0.4, -0.2) is 24.8 Å². The lowest BCUT2D eigenvalue weighted by Crippen LogP contribution is -2.08. The highest BCUT2D eigenvalue weighted by Gasteiger charge is 2.08. The Labute approximate surface area is 116 Å². The van der Waals surface area contributed by atoms with Gasteiger partial charge in [-0.3, -0.25) is 0 Å². The standard InChI is InChI=1S/C11H14Cl3NO2/c1-2-3-4-16-5-6-17-11-9(13)7-8(12)10(14)15-11/h7H,2-6H2,1H3. The molecule has 0 aromatic carbocycles. The maximum atomic E-state index is 5.89. The largest absolute Gasteiger partial charge is 0.474 e. The molecule has 0 amide bonds. The van der Waals surface area contributed by atoms with E-state index in [2.05, 4.69) is 11.9 Å². The third-order valence-electron chi connectivity index (χ3n) is 1.96. The van der Waals surface area contributed by atoms with Gasteiger partial charge in [0.25, 0.3) is 0 Å². The van der Waals surface area contributed by atoms with Gasteiger partial charge in [0, 0.05) is 6.61 Å². The average molecular weight is 299 g/mol. The fourth-order valence-electron chi connectivity index (χ4n) is 1.08. The lowest BCUT2D eigenvalue weighted by atomic mass is 10.4. The van der Waals surface area contributed by atoms with Gasteiger partial charge in [0.1, 0.15) is 11.6 Å². The molecule has 1 aromatic heterocycles. The Morgan fingerprint density at radius 2 is 1.88 bits per heavy atom. The first-order valence-electron chi connectivity index (χ1n) is 5.37. The predicted molar refractivity (Wildman–Crippen MR) is 70.5 cm³/mol. The molecule has 0 aliphatic heterocycles. The van der Waals surface area contributed by atoms with E-state index in [1.165, 1.54) is 6.07 Å². The first kappa shape index (κ1) is 14.8. The van der Waals surface area contributed by atoms with Gasteiger partial charge in [-0.2, -0.15) is 4.98 Å². The summed E-state index contributed by atoms with van der Waals surface area (Å²) in [6, 6.07) is 1.51. The molecule has 0 atom stereocenters.